The van der Waals surface area contributed by atoms with Crippen LogP contribution in [0.1, 0.15) is 31.2 Å². The zero-order valence-electron chi connectivity index (χ0n) is 10.4. The van der Waals surface area contributed by atoms with Gasteiger partial charge >= 0.3 is 0 Å². The molecule has 1 saturated carbocycles. The van der Waals surface area contributed by atoms with Crippen LogP contribution in [0, 0.1) is 5.92 Å². The Labute approximate surface area is 113 Å². The van der Waals surface area contributed by atoms with Crippen molar-refractivity contribution in [2.75, 3.05) is 6.54 Å². The van der Waals surface area contributed by atoms with Crippen LogP contribution in [0.15, 0.2) is 18.2 Å². The lowest BCUT2D eigenvalue weighted by Crippen LogP contribution is -2.27. The predicted octanol–water partition coefficient (Wildman–Crippen LogP) is 2.69. The molecule has 18 heavy (non-hydrogen) atoms. The molecule has 0 amide bonds. The van der Waals surface area contributed by atoms with Gasteiger partial charge in [-0.25, -0.2) is 0 Å². The van der Waals surface area contributed by atoms with E-state index in [1.165, 1.54) is 0 Å². The summed E-state index contributed by atoms with van der Waals surface area (Å²) in [7, 11) is 0. The molecular weight excluding hydrogens is 250 g/mol. The number of nitrogens with one attached hydrogen (secondary N) is 1. The van der Waals surface area contributed by atoms with Gasteiger partial charge in [0.25, 0.3) is 0 Å². The highest BCUT2D eigenvalue weighted by Crippen LogP contribution is 2.24. The van der Waals surface area contributed by atoms with Gasteiger partial charge in [0, 0.05) is 17.1 Å². The van der Waals surface area contributed by atoms with E-state index in [-0.39, 0.29) is 11.9 Å². The summed E-state index contributed by atoms with van der Waals surface area (Å²) in [5.41, 5.74) is 0.832. The number of hydrogen-bond acceptors (Lipinski definition) is 3. The van der Waals surface area contributed by atoms with Crippen molar-refractivity contribution >= 4 is 11.6 Å². The molecule has 0 heterocycles. The van der Waals surface area contributed by atoms with Crippen LogP contribution in [0.2, 0.25) is 5.02 Å². The lowest BCUT2D eigenvalue weighted by atomic mass is 9.87. The fourth-order valence-electron chi connectivity index (χ4n) is 2.46. The Hall–Kier alpha value is -0.770. The standard InChI is InChI=1S/C14H20ClNO2/c15-12-3-6-14(18)11(7-12)9-16-8-10-1-4-13(17)5-2-10/h3,6-7,10,13,16-18H,1-2,4-5,8-9H2. The van der Waals surface area contributed by atoms with E-state index in [1.54, 1.807) is 18.2 Å². The average Bonchev–Trinajstić information content (AvgIpc) is 2.36. The summed E-state index contributed by atoms with van der Waals surface area (Å²) in [5, 5.41) is 23.1. The van der Waals surface area contributed by atoms with Gasteiger partial charge in [-0.15, -0.1) is 0 Å². The highest BCUT2D eigenvalue weighted by atomic mass is 35.5. The lowest BCUT2D eigenvalue weighted by molar-refractivity contribution is 0.108. The van der Waals surface area contributed by atoms with Crippen LogP contribution in [0.5, 0.6) is 5.75 Å². The third kappa shape index (κ3) is 3.87. The number of phenols is 1. The van der Waals surface area contributed by atoms with Gasteiger partial charge in [-0.05, 0) is 56.3 Å². The number of hydrogen-bond donors (Lipinski definition) is 3. The molecule has 0 radical (unpaired) electrons. The van der Waals surface area contributed by atoms with Crippen molar-refractivity contribution in [1.82, 2.24) is 5.32 Å². The maximum absolute atomic E-state index is 9.67. The van der Waals surface area contributed by atoms with Gasteiger partial charge in [-0.3, -0.25) is 0 Å². The van der Waals surface area contributed by atoms with E-state index >= 15 is 0 Å². The summed E-state index contributed by atoms with van der Waals surface area (Å²) < 4.78 is 0. The fraction of sp³-hybridized carbons (Fsp3) is 0.571. The number of phenolic OH excluding ortho intramolecular Hbond substituents is 1. The normalized spacial score (nSPS) is 24.1. The van der Waals surface area contributed by atoms with E-state index in [1.807, 2.05) is 0 Å². The van der Waals surface area contributed by atoms with Crippen molar-refractivity contribution in [1.29, 1.82) is 0 Å². The minimum Gasteiger partial charge on any atom is -0.508 e. The summed E-state index contributed by atoms with van der Waals surface area (Å²) in [5.74, 6) is 0.917. The first-order valence-electron chi connectivity index (χ1n) is 6.51. The number of rotatable bonds is 4. The lowest BCUT2D eigenvalue weighted by Gasteiger charge is -2.25. The number of halogens is 1. The van der Waals surface area contributed by atoms with E-state index in [2.05, 4.69) is 5.32 Å². The zero-order chi connectivity index (χ0) is 13.0. The monoisotopic (exact) mass is 269 g/mol. The van der Waals surface area contributed by atoms with Crippen molar-refractivity contribution in [3.05, 3.63) is 28.8 Å². The van der Waals surface area contributed by atoms with Crippen molar-refractivity contribution in [2.45, 2.75) is 38.3 Å². The SMILES string of the molecule is Oc1ccc(Cl)cc1CNCC1CCC(O)CC1. The Kier molecular flexibility index (Phi) is 4.87. The van der Waals surface area contributed by atoms with Gasteiger partial charge in [0.05, 0.1) is 6.10 Å². The van der Waals surface area contributed by atoms with E-state index in [0.717, 1.165) is 37.8 Å². The van der Waals surface area contributed by atoms with Crippen LogP contribution in [0.4, 0.5) is 0 Å². The zero-order valence-corrected chi connectivity index (χ0v) is 11.2. The molecule has 0 aliphatic heterocycles. The van der Waals surface area contributed by atoms with Crippen LogP contribution in [0.25, 0.3) is 0 Å². The van der Waals surface area contributed by atoms with Crippen molar-refractivity contribution in [3.8, 4) is 5.75 Å². The van der Waals surface area contributed by atoms with E-state index in [0.29, 0.717) is 17.5 Å². The quantitative estimate of drug-likeness (QED) is 0.788. The molecule has 0 unspecified atom stereocenters. The second-order valence-electron chi connectivity index (χ2n) is 5.08. The van der Waals surface area contributed by atoms with Crippen LogP contribution in [-0.2, 0) is 6.54 Å². The Morgan fingerprint density at radius 1 is 1.22 bits per heavy atom. The smallest absolute Gasteiger partial charge is 0.120 e. The second-order valence-corrected chi connectivity index (χ2v) is 5.51. The molecule has 0 aromatic heterocycles. The highest BCUT2D eigenvalue weighted by Gasteiger charge is 2.18. The minimum atomic E-state index is -0.0989. The third-order valence-corrected chi connectivity index (χ3v) is 3.84. The summed E-state index contributed by atoms with van der Waals surface area (Å²) in [6, 6.07) is 5.09. The van der Waals surface area contributed by atoms with E-state index < -0.39 is 0 Å². The predicted molar refractivity (Wildman–Crippen MR) is 72.8 cm³/mol. The maximum Gasteiger partial charge on any atom is 0.120 e. The molecule has 0 atom stereocenters. The molecule has 1 aliphatic carbocycles. The minimum absolute atomic E-state index is 0.0989. The summed E-state index contributed by atoms with van der Waals surface area (Å²) >= 11 is 5.89. The molecule has 3 nitrogen and oxygen atoms in total. The Morgan fingerprint density at radius 2 is 1.94 bits per heavy atom. The van der Waals surface area contributed by atoms with Crippen molar-refractivity contribution in [3.63, 3.8) is 0 Å². The van der Waals surface area contributed by atoms with Crippen LogP contribution in [-0.4, -0.2) is 22.9 Å². The number of aliphatic hydroxyl groups is 1. The topological polar surface area (TPSA) is 52.5 Å². The first-order valence-corrected chi connectivity index (χ1v) is 6.89. The average molecular weight is 270 g/mol. The molecule has 0 saturated heterocycles. The maximum atomic E-state index is 9.67. The van der Waals surface area contributed by atoms with Gasteiger partial charge in [0.1, 0.15) is 5.75 Å². The van der Waals surface area contributed by atoms with Gasteiger partial charge < -0.3 is 15.5 Å². The van der Waals surface area contributed by atoms with E-state index in [9.17, 15) is 10.2 Å². The largest absolute Gasteiger partial charge is 0.508 e. The molecule has 4 heteroatoms. The van der Waals surface area contributed by atoms with Gasteiger partial charge in [0.15, 0.2) is 0 Å². The van der Waals surface area contributed by atoms with Crippen molar-refractivity contribution < 1.29 is 10.2 Å². The Balaban J connectivity index is 1.76. The van der Waals surface area contributed by atoms with Crippen LogP contribution < -0.4 is 5.32 Å². The number of aliphatic hydroxyl groups excluding tert-OH is 1. The summed E-state index contributed by atoms with van der Waals surface area (Å²) in [6.07, 6.45) is 3.88. The fourth-order valence-corrected chi connectivity index (χ4v) is 2.65. The summed E-state index contributed by atoms with van der Waals surface area (Å²) in [4.78, 5) is 0. The molecule has 0 spiro atoms. The van der Waals surface area contributed by atoms with E-state index in [4.69, 9.17) is 11.6 Å². The first kappa shape index (κ1) is 13.7. The Bertz CT molecular complexity index is 389. The molecule has 3 N–H and O–H groups in total. The highest BCUT2D eigenvalue weighted by molar-refractivity contribution is 6.30. The van der Waals surface area contributed by atoms with Crippen LogP contribution in [0.3, 0.4) is 0 Å². The van der Waals surface area contributed by atoms with Crippen LogP contribution >= 0.6 is 11.6 Å². The summed E-state index contributed by atoms with van der Waals surface area (Å²) in [6.45, 7) is 1.56. The third-order valence-electron chi connectivity index (χ3n) is 3.61. The number of aromatic hydroxyl groups is 1. The van der Waals surface area contributed by atoms with Gasteiger partial charge in [-0.2, -0.15) is 0 Å². The molecule has 1 fully saturated rings. The second kappa shape index (κ2) is 6.41. The number of benzene rings is 1. The molecule has 1 aromatic carbocycles. The molecule has 1 aromatic rings. The van der Waals surface area contributed by atoms with Crippen molar-refractivity contribution in [2.24, 2.45) is 5.92 Å². The first-order chi connectivity index (χ1) is 8.65. The van der Waals surface area contributed by atoms with Gasteiger partial charge in [-0.1, -0.05) is 11.6 Å². The molecule has 100 valence electrons. The molecule has 0 bridgehead atoms. The molecular formula is C14H20ClNO2. The molecule has 2 rings (SSSR count). The van der Waals surface area contributed by atoms with Gasteiger partial charge in [0.2, 0.25) is 0 Å². The Morgan fingerprint density at radius 3 is 2.67 bits per heavy atom. The molecule has 1 aliphatic rings.